The van der Waals surface area contributed by atoms with Crippen LogP contribution >= 0.6 is 0 Å². The monoisotopic (exact) mass is 401 g/mol. The van der Waals surface area contributed by atoms with E-state index in [1.807, 2.05) is 0 Å². The predicted octanol–water partition coefficient (Wildman–Crippen LogP) is 5.32. The Morgan fingerprint density at radius 1 is 1.00 bits per heavy atom. The Balaban J connectivity index is 1.67. The number of hydrogen-bond donors (Lipinski definition) is 2. The highest BCUT2D eigenvalue weighted by Gasteiger charge is 2.30. The van der Waals surface area contributed by atoms with Gasteiger partial charge in [0, 0.05) is 17.3 Å². The van der Waals surface area contributed by atoms with Crippen LogP contribution < -0.4 is 5.32 Å². The van der Waals surface area contributed by atoms with Crippen LogP contribution in [0, 0.1) is 0 Å². The zero-order valence-corrected chi connectivity index (χ0v) is 14.7. The summed E-state index contributed by atoms with van der Waals surface area (Å²) in [6.07, 6.45) is -1.88. The summed E-state index contributed by atoms with van der Waals surface area (Å²) < 4.78 is 44.0. The molecule has 1 heterocycles. The Morgan fingerprint density at radius 2 is 1.72 bits per heavy atom. The topological polar surface area (TPSA) is 79.5 Å². The molecule has 0 radical (unpaired) electrons. The highest BCUT2D eigenvalue weighted by Crippen LogP contribution is 2.32. The number of aromatic carboxylic acids is 1. The molecule has 3 rings (SSSR count). The van der Waals surface area contributed by atoms with Crippen molar-refractivity contribution in [2.45, 2.75) is 6.18 Å². The van der Waals surface area contributed by atoms with Crippen molar-refractivity contribution in [3.63, 3.8) is 0 Å². The standard InChI is InChI=1S/C21H14F3NO4/c22-21(23,24)15-3-1-2-14(12-15)18-10-8-17(29-18)9-11-19(26)25-16-6-4-13(5-7-16)20(27)28/h1-12H,(H,25,26)(H,27,28)/b11-9+. The molecule has 8 heteroatoms. The van der Waals surface area contributed by atoms with Gasteiger partial charge in [-0.15, -0.1) is 0 Å². The molecule has 5 nitrogen and oxygen atoms in total. The van der Waals surface area contributed by atoms with Crippen molar-refractivity contribution < 1.29 is 32.3 Å². The number of halogens is 3. The summed E-state index contributed by atoms with van der Waals surface area (Å²) in [6.45, 7) is 0. The molecule has 29 heavy (non-hydrogen) atoms. The summed E-state index contributed by atoms with van der Waals surface area (Å²) in [7, 11) is 0. The number of carboxylic acid groups (broad SMARTS) is 1. The number of hydrogen-bond acceptors (Lipinski definition) is 3. The molecule has 2 aromatic carbocycles. The maximum absolute atomic E-state index is 12.8. The maximum atomic E-state index is 12.8. The van der Waals surface area contributed by atoms with Crippen molar-refractivity contribution in [1.82, 2.24) is 0 Å². The molecule has 0 unspecified atom stereocenters. The van der Waals surface area contributed by atoms with Crippen LogP contribution in [0.4, 0.5) is 18.9 Å². The van der Waals surface area contributed by atoms with Crippen LogP contribution in [0.3, 0.4) is 0 Å². The molecule has 0 aliphatic heterocycles. The van der Waals surface area contributed by atoms with Gasteiger partial charge in [0.1, 0.15) is 11.5 Å². The van der Waals surface area contributed by atoms with Crippen LogP contribution in [0.25, 0.3) is 17.4 Å². The number of alkyl halides is 3. The van der Waals surface area contributed by atoms with Gasteiger partial charge in [0.2, 0.25) is 5.91 Å². The summed E-state index contributed by atoms with van der Waals surface area (Å²) in [6, 6.07) is 13.4. The maximum Gasteiger partial charge on any atom is 0.416 e. The van der Waals surface area contributed by atoms with Crippen LogP contribution in [0.1, 0.15) is 21.7 Å². The Bertz CT molecular complexity index is 1070. The molecule has 1 aromatic heterocycles. The molecular weight excluding hydrogens is 387 g/mol. The Morgan fingerprint density at radius 3 is 2.38 bits per heavy atom. The third-order valence-electron chi connectivity index (χ3n) is 3.90. The minimum Gasteiger partial charge on any atom is -0.478 e. The number of benzene rings is 2. The number of carbonyl (C=O) groups excluding carboxylic acids is 1. The highest BCUT2D eigenvalue weighted by atomic mass is 19.4. The van der Waals surface area contributed by atoms with Gasteiger partial charge in [-0.05, 0) is 54.6 Å². The van der Waals surface area contributed by atoms with Gasteiger partial charge >= 0.3 is 12.1 Å². The van der Waals surface area contributed by atoms with E-state index in [0.29, 0.717) is 5.69 Å². The van der Waals surface area contributed by atoms with Gasteiger partial charge in [0.05, 0.1) is 11.1 Å². The van der Waals surface area contributed by atoms with E-state index in [-0.39, 0.29) is 22.6 Å². The fourth-order valence-corrected chi connectivity index (χ4v) is 2.48. The molecule has 1 amide bonds. The number of carbonyl (C=O) groups is 2. The minimum absolute atomic E-state index is 0.0937. The van der Waals surface area contributed by atoms with E-state index in [9.17, 15) is 22.8 Å². The lowest BCUT2D eigenvalue weighted by Crippen LogP contribution is -2.07. The zero-order chi connectivity index (χ0) is 21.0. The van der Waals surface area contributed by atoms with E-state index in [2.05, 4.69) is 5.32 Å². The second kappa shape index (κ2) is 8.05. The van der Waals surface area contributed by atoms with E-state index in [4.69, 9.17) is 9.52 Å². The summed E-state index contributed by atoms with van der Waals surface area (Å²) in [5.41, 5.74) is -0.00997. The third kappa shape index (κ3) is 5.13. The van der Waals surface area contributed by atoms with E-state index in [0.717, 1.165) is 12.1 Å². The number of carboxylic acids is 1. The van der Waals surface area contributed by atoms with Gasteiger partial charge in [-0.1, -0.05) is 12.1 Å². The normalized spacial score (nSPS) is 11.6. The highest BCUT2D eigenvalue weighted by molar-refractivity contribution is 6.02. The number of rotatable bonds is 5. The van der Waals surface area contributed by atoms with Crippen LogP contribution in [0.15, 0.2) is 71.2 Å². The van der Waals surface area contributed by atoms with Gasteiger partial charge in [0.25, 0.3) is 0 Å². The van der Waals surface area contributed by atoms with Crippen molar-refractivity contribution in [1.29, 1.82) is 0 Å². The average Bonchev–Trinajstić information content (AvgIpc) is 3.15. The molecule has 148 valence electrons. The van der Waals surface area contributed by atoms with Crippen molar-refractivity contribution in [3.8, 4) is 11.3 Å². The molecule has 0 saturated heterocycles. The average molecular weight is 401 g/mol. The van der Waals surface area contributed by atoms with Gasteiger partial charge < -0.3 is 14.8 Å². The summed E-state index contributed by atoms with van der Waals surface area (Å²) in [5.74, 6) is -1.03. The fraction of sp³-hybridized carbons (Fsp3) is 0.0476. The van der Waals surface area contributed by atoms with Gasteiger partial charge in [-0.3, -0.25) is 4.79 Å². The molecule has 2 N–H and O–H groups in total. The number of anilines is 1. The number of nitrogens with one attached hydrogen (secondary N) is 1. The first-order valence-electron chi connectivity index (χ1n) is 8.32. The largest absolute Gasteiger partial charge is 0.478 e. The van der Waals surface area contributed by atoms with Crippen molar-refractivity contribution in [3.05, 3.63) is 83.6 Å². The molecule has 0 saturated carbocycles. The van der Waals surface area contributed by atoms with Crippen LogP contribution in [-0.4, -0.2) is 17.0 Å². The molecule has 0 atom stereocenters. The van der Waals surface area contributed by atoms with E-state index in [1.165, 1.54) is 60.7 Å². The number of amides is 1. The Kier molecular flexibility index (Phi) is 5.54. The van der Waals surface area contributed by atoms with Crippen LogP contribution in [0.5, 0.6) is 0 Å². The molecule has 0 aliphatic carbocycles. The lowest BCUT2D eigenvalue weighted by molar-refractivity contribution is -0.137. The SMILES string of the molecule is O=C(/C=C/c1ccc(-c2cccc(C(F)(F)F)c2)o1)Nc1ccc(C(=O)O)cc1. The molecule has 0 aliphatic rings. The molecular formula is C21H14F3NO4. The molecule has 0 fully saturated rings. The van der Waals surface area contributed by atoms with Crippen molar-refractivity contribution in [2.75, 3.05) is 5.32 Å². The van der Waals surface area contributed by atoms with Crippen LogP contribution in [0.2, 0.25) is 0 Å². The smallest absolute Gasteiger partial charge is 0.416 e. The van der Waals surface area contributed by atoms with E-state index in [1.54, 1.807) is 0 Å². The first-order chi connectivity index (χ1) is 13.7. The van der Waals surface area contributed by atoms with Crippen molar-refractivity contribution in [2.24, 2.45) is 0 Å². The minimum atomic E-state index is -4.45. The quantitative estimate of drug-likeness (QED) is 0.568. The molecule has 3 aromatic rings. The summed E-state index contributed by atoms with van der Waals surface area (Å²) in [5, 5.41) is 11.4. The van der Waals surface area contributed by atoms with Crippen LogP contribution in [-0.2, 0) is 11.0 Å². The zero-order valence-electron chi connectivity index (χ0n) is 14.7. The second-order valence-corrected chi connectivity index (χ2v) is 5.99. The van der Waals surface area contributed by atoms with Gasteiger partial charge in [0.15, 0.2) is 0 Å². The first-order valence-corrected chi connectivity index (χ1v) is 8.32. The number of furan rings is 1. The first kappa shape index (κ1) is 19.9. The van der Waals surface area contributed by atoms with Crippen molar-refractivity contribution >= 4 is 23.6 Å². The second-order valence-electron chi connectivity index (χ2n) is 5.99. The lowest BCUT2D eigenvalue weighted by Gasteiger charge is -2.07. The van der Waals surface area contributed by atoms with E-state index >= 15 is 0 Å². The predicted molar refractivity (Wildman–Crippen MR) is 100 cm³/mol. The third-order valence-corrected chi connectivity index (χ3v) is 3.90. The van der Waals surface area contributed by atoms with E-state index < -0.39 is 23.6 Å². The molecule has 0 bridgehead atoms. The van der Waals surface area contributed by atoms with Gasteiger partial charge in [-0.25, -0.2) is 4.79 Å². The fourth-order valence-electron chi connectivity index (χ4n) is 2.48. The summed E-state index contributed by atoms with van der Waals surface area (Å²) >= 11 is 0. The lowest BCUT2D eigenvalue weighted by atomic mass is 10.1. The Hall–Kier alpha value is -3.81. The summed E-state index contributed by atoms with van der Waals surface area (Å²) in [4.78, 5) is 22.8. The molecule has 0 spiro atoms. The van der Waals surface area contributed by atoms with Gasteiger partial charge in [-0.2, -0.15) is 13.2 Å². The Labute approximate surface area is 163 Å².